The van der Waals surface area contributed by atoms with Crippen molar-refractivity contribution in [1.29, 1.82) is 0 Å². The van der Waals surface area contributed by atoms with E-state index in [1.54, 1.807) is 4.90 Å². The van der Waals surface area contributed by atoms with Crippen molar-refractivity contribution < 1.29 is 19.1 Å². The lowest BCUT2D eigenvalue weighted by Crippen LogP contribution is -2.43. The van der Waals surface area contributed by atoms with Gasteiger partial charge in [0.2, 0.25) is 5.91 Å². The van der Waals surface area contributed by atoms with E-state index in [2.05, 4.69) is 0 Å². The lowest BCUT2D eigenvalue weighted by atomic mass is 9.90. The maximum atomic E-state index is 13.9. The summed E-state index contributed by atoms with van der Waals surface area (Å²) in [6.07, 6.45) is 4.11. The van der Waals surface area contributed by atoms with E-state index >= 15 is 0 Å². The van der Waals surface area contributed by atoms with Crippen LogP contribution in [-0.2, 0) is 19.1 Å². The molecule has 1 saturated heterocycles. The summed E-state index contributed by atoms with van der Waals surface area (Å²) in [7, 11) is 1.35. The number of carbonyl (C=O) groups excluding carboxylic acids is 2. The molecule has 0 aromatic heterocycles. The molecular weight excluding hydrogens is 426 g/mol. The van der Waals surface area contributed by atoms with E-state index in [4.69, 9.17) is 9.47 Å². The predicted octanol–water partition coefficient (Wildman–Crippen LogP) is 4.69. The third kappa shape index (κ3) is 5.61. The highest BCUT2D eigenvalue weighted by Gasteiger charge is 2.43. The molecule has 1 unspecified atom stereocenters. The molecule has 0 N–H and O–H groups in total. The van der Waals surface area contributed by atoms with E-state index < -0.39 is 17.9 Å². The average molecular weight is 456 g/mol. The molecule has 0 aliphatic carbocycles. The fourth-order valence-corrected chi connectivity index (χ4v) is 4.40. The van der Waals surface area contributed by atoms with Crippen molar-refractivity contribution >= 4 is 18.0 Å². The molecule has 2 atom stereocenters. The van der Waals surface area contributed by atoms with Gasteiger partial charge in [-0.25, -0.2) is 4.79 Å². The first kappa shape index (κ1) is 23.5. The van der Waals surface area contributed by atoms with E-state index in [0.717, 1.165) is 16.7 Å². The topological polar surface area (TPSA) is 55.8 Å². The summed E-state index contributed by atoms with van der Waals surface area (Å²) in [5.74, 6) is -1.05. The molecule has 0 radical (unpaired) electrons. The molecule has 0 saturated carbocycles. The Bertz CT molecular complexity index is 1060. The number of esters is 1. The Balaban J connectivity index is 1.52. The lowest BCUT2D eigenvalue weighted by Gasteiger charge is -2.28. The zero-order valence-electron chi connectivity index (χ0n) is 19.2. The van der Waals surface area contributed by atoms with Crippen molar-refractivity contribution in [3.8, 4) is 0 Å². The number of nitrogens with zero attached hydrogens (tertiary/aromatic N) is 1. The number of hydrogen-bond donors (Lipinski definition) is 0. The third-order valence-electron chi connectivity index (χ3n) is 6.07. The van der Waals surface area contributed by atoms with Crippen LogP contribution >= 0.6 is 0 Å². The predicted molar refractivity (Wildman–Crippen MR) is 132 cm³/mol. The highest BCUT2D eigenvalue weighted by molar-refractivity contribution is 5.91. The number of amides is 1. The van der Waals surface area contributed by atoms with Crippen molar-refractivity contribution in [3.63, 3.8) is 0 Å². The molecule has 5 heteroatoms. The van der Waals surface area contributed by atoms with Gasteiger partial charge in [-0.2, -0.15) is 0 Å². The first-order chi connectivity index (χ1) is 16.7. The van der Waals surface area contributed by atoms with E-state index in [1.165, 1.54) is 7.11 Å². The van der Waals surface area contributed by atoms with Crippen LogP contribution < -0.4 is 0 Å². The monoisotopic (exact) mass is 455 g/mol. The molecule has 0 bridgehead atoms. The minimum Gasteiger partial charge on any atom is -0.467 e. The number of ether oxygens (including phenoxy) is 2. The number of carbonyl (C=O) groups is 2. The minimum absolute atomic E-state index is 0.126. The number of rotatable bonds is 8. The zero-order valence-corrected chi connectivity index (χ0v) is 19.2. The van der Waals surface area contributed by atoms with Crippen LogP contribution in [0.25, 0.3) is 6.08 Å². The summed E-state index contributed by atoms with van der Waals surface area (Å²) in [6.45, 7) is 0.740. The van der Waals surface area contributed by atoms with Crippen molar-refractivity contribution in [2.24, 2.45) is 0 Å². The number of methoxy groups -OCH3 is 1. The molecule has 1 aliphatic heterocycles. The van der Waals surface area contributed by atoms with Gasteiger partial charge in [-0.15, -0.1) is 0 Å². The lowest BCUT2D eigenvalue weighted by molar-refractivity contribution is -0.151. The van der Waals surface area contributed by atoms with Gasteiger partial charge in [0, 0.05) is 13.0 Å². The van der Waals surface area contributed by atoms with Crippen molar-refractivity contribution in [2.75, 3.05) is 20.3 Å². The molecule has 3 aromatic rings. The molecule has 1 amide bonds. The largest absolute Gasteiger partial charge is 0.467 e. The van der Waals surface area contributed by atoms with E-state index in [-0.39, 0.29) is 12.0 Å². The van der Waals surface area contributed by atoms with Gasteiger partial charge in [0.05, 0.1) is 25.7 Å². The molecule has 0 spiro atoms. The molecule has 1 heterocycles. The summed E-state index contributed by atoms with van der Waals surface area (Å²) >= 11 is 0. The Kier molecular flexibility index (Phi) is 7.89. The minimum atomic E-state index is -0.671. The van der Waals surface area contributed by atoms with Crippen LogP contribution in [0.2, 0.25) is 0 Å². The van der Waals surface area contributed by atoms with Gasteiger partial charge >= 0.3 is 5.97 Å². The van der Waals surface area contributed by atoms with Gasteiger partial charge in [0.25, 0.3) is 0 Å². The average Bonchev–Trinajstić information content (AvgIpc) is 3.32. The second-order valence-electron chi connectivity index (χ2n) is 8.29. The van der Waals surface area contributed by atoms with E-state index in [0.29, 0.717) is 19.6 Å². The highest BCUT2D eigenvalue weighted by Crippen LogP contribution is 2.31. The number of benzene rings is 3. The molecule has 34 heavy (non-hydrogen) atoms. The van der Waals surface area contributed by atoms with Crippen LogP contribution in [0.4, 0.5) is 0 Å². The van der Waals surface area contributed by atoms with Crippen LogP contribution in [0, 0.1) is 0 Å². The second-order valence-corrected chi connectivity index (χ2v) is 8.29. The fraction of sp³-hybridized carbons (Fsp3) is 0.241. The van der Waals surface area contributed by atoms with Crippen LogP contribution in [0.15, 0.2) is 97.1 Å². The number of likely N-dealkylation sites (tertiary alicyclic amines) is 1. The molecule has 1 aliphatic rings. The van der Waals surface area contributed by atoms with Crippen LogP contribution in [0.1, 0.15) is 29.0 Å². The van der Waals surface area contributed by atoms with Gasteiger partial charge in [0.15, 0.2) is 0 Å². The van der Waals surface area contributed by atoms with Crippen molar-refractivity contribution in [1.82, 2.24) is 4.90 Å². The summed E-state index contributed by atoms with van der Waals surface area (Å²) < 4.78 is 11.1. The maximum absolute atomic E-state index is 13.9. The summed E-state index contributed by atoms with van der Waals surface area (Å²) in [5, 5.41) is 0. The Morgan fingerprint density at radius 1 is 0.912 bits per heavy atom. The molecule has 4 rings (SSSR count). The van der Waals surface area contributed by atoms with Crippen LogP contribution in [0.5, 0.6) is 0 Å². The Morgan fingerprint density at radius 2 is 1.47 bits per heavy atom. The standard InChI is InChI=1S/C29H29NO4/c1-33-29(32)26-20-25(34-19-11-14-22-12-5-2-6-13-22)21-30(26)28(31)27(23-15-7-3-8-16-23)24-17-9-4-10-18-24/h2-18,25-27H,19-21H2,1H3/b14-11+/t25-,26?/m0/s1. The first-order valence-corrected chi connectivity index (χ1v) is 11.5. The highest BCUT2D eigenvalue weighted by atomic mass is 16.5. The third-order valence-corrected chi connectivity index (χ3v) is 6.07. The maximum Gasteiger partial charge on any atom is 0.328 e. The second kappa shape index (κ2) is 11.4. The van der Waals surface area contributed by atoms with Crippen molar-refractivity contribution in [3.05, 3.63) is 114 Å². The Labute approximate surface area is 200 Å². The Morgan fingerprint density at radius 3 is 2.03 bits per heavy atom. The fourth-order valence-electron chi connectivity index (χ4n) is 4.40. The molecular formula is C29H29NO4. The summed E-state index contributed by atoms with van der Waals surface area (Å²) in [6, 6.07) is 28.6. The summed E-state index contributed by atoms with van der Waals surface area (Å²) in [5.41, 5.74) is 2.87. The first-order valence-electron chi connectivity index (χ1n) is 11.5. The zero-order chi connectivity index (χ0) is 23.8. The summed E-state index contributed by atoms with van der Waals surface area (Å²) in [4.78, 5) is 28.1. The van der Waals surface area contributed by atoms with Gasteiger partial charge in [0.1, 0.15) is 6.04 Å². The van der Waals surface area contributed by atoms with Gasteiger partial charge < -0.3 is 14.4 Å². The van der Waals surface area contributed by atoms with Crippen molar-refractivity contribution in [2.45, 2.75) is 24.5 Å². The van der Waals surface area contributed by atoms with E-state index in [9.17, 15) is 9.59 Å². The van der Waals surface area contributed by atoms with Gasteiger partial charge in [-0.05, 0) is 16.7 Å². The van der Waals surface area contributed by atoms with E-state index in [1.807, 2.05) is 103 Å². The number of hydrogen-bond acceptors (Lipinski definition) is 4. The molecule has 5 nitrogen and oxygen atoms in total. The van der Waals surface area contributed by atoms with Gasteiger partial charge in [-0.1, -0.05) is 103 Å². The normalized spacial score (nSPS) is 17.9. The molecule has 1 fully saturated rings. The van der Waals surface area contributed by atoms with Crippen LogP contribution in [-0.4, -0.2) is 49.2 Å². The smallest absolute Gasteiger partial charge is 0.328 e. The van der Waals surface area contributed by atoms with Gasteiger partial charge in [-0.3, -0.25) is 4.79 Å². The SMILES string of the molecule is COC(=O)C1C[C@H](OC/C=C/c2ccccc2)CN1C(=O)C(c1ccccc1)c1ccccc1. The van der Waals surface area contributed by atoms with Crippen LogP contribution in [0.3, 0.4) is 0 Å². The molecule has 174 valence electrons. The molecule has 3 aromatic carbocycles. The Hall–Kier alpha value is -3.70. The quantitative estimate of drug-likeness (QED) is 0.463.